The number of nitrogens with zero attached hydrogens (tertiary/aromatic N) is 3. The van der Waals surface area contributed by atoms with Crippen molar-refractivity contribution < 1.29 is 5.11 Å². The van der Waals surface area contributed by atoms with Gasteiger partial charge in [0, 0.05) is 30.9 Å². The molecule has 0 aromatic carbocycles. The van der Waals surface area contributed by atoms with E-state index in [-0.39, 0.29) is 0 Å². The summed E-state index contributed by atoms with van der Waals surface area (Å²) in [4.78, 5) is 2.25. The summed E-state index contributed by atoms with van der Waals surface area (Å²) in [5, 5.41) is 15.1. The summed E-state index contributed by atoms with van der Waals surface area (Å²) in [6, 6.07) is 0. The zero-order valence-corrected chi connectivity index (χ0v) is 13.4. The minimum absolute atomic E-state index is 0.462. The summed E-state index contributed by atoms with van der Waals surface area (Å²) < 4.78 is 2.11. The lowest BCUT2D eigenvalue weighted by Crippen LogP contribution is -2.38. The Balaban J connectivity index is 2.02. The summed E-state index contributed by atoms with van der Waals surface area (Å²) in [6.45, 7) is 9.06. The number of rotatable bonds is 6. The molecule has 1 N–H and O–H groups in total. The van der Waals surface area contributed by atoms with Crippen molar-refractivity contribution in [1.82, 2.24) is 14.7 Å². The lowest BCUT2D eigenvalue weighted by atomic mass is 10.0. The van der Waals surface area contributed by atoms with Gasteiger partial charge in [-0.2, -0.15) is 5.10 Å². The standard InChI is InChI=1S/C16H29N3O/c1-5-10-19-14(3)15(13(2)17-19)11-18(4)12-16(20)8-6-7-9-16/h20H,5-12H2,1-4H3. The van der Waals surface area contributed by atoms with Crippen LogP contribution in [-0.2, 0) is 13.1 Å². The maximum atomic E-state index is 10.5. The number of aryl methyl sites for hydroxylation is 2. The molecule has 1 aliphatic carbocycles. The third kappa shape index (κ3) is 3.41. The van der Waals surface area contributed by atoms with Gasteiger partial charge in [-0.1, -0.05) is 19.8 Å². The van der Waals surface area contributed by atoms with Crippen molar-refractivity contribution in [3.8, 4) is 0 Å². The molecule has 0 unspecified atom stereocenters. The molecule has 1 heterocycles. The first kappa shape index (κ1) is 15.5. The van der Waals surface area contributed by atoms with Crippen LogP contribution in [0.3, 0.4) is 0 Å². The summed E-state index contributed by atoms with van der Waals surface area (Å²) in [5.74, 6) is 0. The first-order valence-corrected chi connectivity index (χ1v) is 7.89. The molecule has 20 heavy (non-hydrogen) atoms. The molecule has 1 aromatic rings. The van der Waals surface area contributed by atoms with Crippen LogP contribution in [0.5, 0.6) is 0 Å². The van der Waals surface area contributed by atoms with Crippen LogP contribution in [0.15, 0.2) is 0 Å². The summed E-state index contributed by atoms with van der Waals surface area (Å²) in [7, 11) is 2.10. The van der Waals surface area contributed by atoms with Crippen molar-refractivity contribution >= 4 is 0 Å². The van der Waals surface area contributed by atoms with Crippen LogP contribution in [-0.4, -0.2) is 39.0 Å². The van der Waals surface area contributed by atoms with E-state index in [1.165, 1.54) is 11.3 Å². The van der Waals surface area contributed by atoms with Crippen molar-refractivity contribution in [2.45, 2.75) is 71.6 Å². The van der Waals surface area contributed by atoms with Gasteiger partial charge < -0.3 is 5.11 Å². The Hall–Kier alpha value is -0.870. The highest BCUT2D eigenvalue weighted by Gasteiger charge is 2.32. The minimum Gasteiger partial charge on any atom is -0.389 e. The van der Waals surface area contributed by atoms with E-state index in [1.807, 2.05) is 0 Å². The zero-order valence-electron chi connectivity index (χ0n) is 13.4. The predicted octanol–water partition coefficient (Wildman–Crippen LogP) is 2.65. The van der Waals surface area contributed by atoms with Crippen LogP contribution in [0.2, 0.25) is 0 Å². The molecule has 0 spiro atoms. The molecule has 4 nitrogen and oxygen atoms in total. The monoisotopic (exact) mass is 279 g/mol. The van der Waals surface area contributed by atoms with E-state index in [9.17, 15) is 5.11 Å². The fraction of sp³-hybridized carbons (Fsp3) is 0.812. The molecule has 4 heteroatoms. The molecule has 1 aliphatic rings. The first-order valence-electron chi connectivity index (χ1n) is 7.89. The minimum atomic E-state index is -0.462. The highest BCUT2D eigenvalue weighted by Crippen LogP contribution is 2.30. The molecule has 0 aliphatic heterocycles. The normalized spacial score (nSPS) is 18.1. The summed E-state index contributed by atoms with van der Waals surface area (Å²) in [5.41, 5.74) is 3.26. The summed E-state index contributed by atoms with van der Waals surface area (Å²) >= 11 is 0. The molecule has 1 aromatic heterocycles. The van der Waals surface area contributed by atoms with Gasteiger partial charge in [-0.25, -0.2) is 0 Å². The van der Waals surface area contributed by atoms with E-state index in [4.69, 9.17) is 0 Å². The molecule has 0 amide bonds. The Morgan fingerprint density at radius 3 is 2.55 bits per heavy atom. The summed E-state index contributed by atoms with van der Waals surface area (Å²) in [6.07, 6.45) is 5.33. The van der Waals surface area contributed by atoms with Crippen LogP contribution in [0.1, 0.15) is 56.0 Å². The van der Waals surface area contributed by atoms with Crippen LogP contribution >= 0.6 is 0 Å². The van der Waals surface area contributed by atoms with Gasteiger partial charge in [0.1, 0.15) is 0 Å². The number of likely N-dealkylation sites (N-methyl/N-ethyl adjacent to an activating group) is 1. The quantitative estimate of drug-likeness (QED) is 0.870. The van der Waals surface area contributed by atoms with Gasteiger partial charge in [0.25, 0.3) is 0 Å². The first-order chi connectivity index (χ1) is 9.45. The van der Waals surface area contributed by atoms with Crippen molar-refractivity contribution in [3.05, 3.63) is 17.0 Å². The molecule has 0 bridgehead atoms. The number of aliphatic hydroxyl groups is 1. The second-order valence-corrected chi connectivity index (χ2v) is 6.48. The Bertz CT molecular complexity index is 447. The van der Waals surface area contributed by atoms with Gasteiger partial charge in [-0.3, -0.25) is 9.58 Å². The van der Waals surface area contributed by atoms with Crippen LogP contribution in [0.4, 0.5) is 0 Å². The van der Waals surface area contributed by atoms with Crippen molar-refractivity contribution in [1.29, 1.82) is 0 Å². The maximum absolute atomic E-state index is 10.5. The second-order valence-electron chi connectivity index (χ2n) is 6.48. The van der Waals surface area contributed by atoms with Gasteiger partial charge in [0.15, 0.2) is 0 Å². The fourth-order valence-corrected chi connectivity index (χ4v) is 3.41. The smallest absolute Gasteiger partial charge is 0.0774 e. The van der Waals surface area contributed by atoms with Crippen molar-refractivity contribution in [3.63, 3.8) is 0 Å². The molecule has 0 saturated heterocycles. The topological polar surface area (TPSA) is 41.3 Å². The largest absolute Gasteiger partial charge is 0.389 e. The van der Waals surface area contributed by atoms with Crippen LogP contribution < -0.4 is 0 Å². The second kappa shape index (κ2) is 6.27. The van der Waals surface area contributed by atoms with E-state index in [0.717, 1.165) is 57.4 Å². The molecule has 114 valence electrons. The third-order valence-electron chi connectivity index (χ3n) is 4.49. The SMILES string of the molecule is CCCn1nc(C)c(CN(C)CC2(O)CCCC2)c1C. The van der Waals surface area contributed by atoms with E-state index >= 15 is 0 Å². The Morgan fingerprint density at radius 2 is 1.95 bits per heavy atom. The lowest BCUT2D eigenvalue weighted by Gasteiger charge is -2.28. The highest BCUT2D eigenvalue weighted by atomic mass is 16.3. The van der Waals surface area contributed by atoms with Crippen LogP contribution in [0, 0.1) is 13.8 Å². The average molecular weight is 279 g/mol. The van der Waals surface area contributed by atoms with Gasteiger partial charge >= 0.3 is 0 Å². The molecule has 0 radical (unpaired) electrons. The van der Waals surface area contributed by atoms with Crippen molar-refractivity contribution in [2.75, 3.05) is 13.6 Å². The molecular formula is C16H29N3O. The fourth-order valence-electron chi connectivity index (χ4n) is 3.41. The predicted molar refractivity (Wildman–Crippen MR) is 81.7 cm³/mol. The van der Waals surface area contributed by atoms with Gasteiger partial charge in [-0.15, -0.1) is 0 Å². The highest BCUT2D eigenvalue weighted by molar-refractivity contribution is 5.24. The molecule has 2 rings (SSSR count). The zero-order chi connectivity index (χ0) is 14.8. The van der Waals surface area contributed by atoms with Gasteiger partial charge in [-0.05, 0) is 40.2 Å². The lowest BCUT2D eigenvalue weighted by molar-refractivity contribution is 0.0144. The Kier molecular flexibility index (Phi) is 4.86. The van der Waals surface area contributed by atoms with E-state index in [2.05, 4.69) is 42.5 Å². The van der Waals surface area contributed by atoms with E-state index < -0.39 is 5.60 Å². The number of aromatic nitrogens is 2. The van der Waals surface area contributed by atoms with Gasteiger partial charge in [0.05, 0.1) is 11.3 Å². The maximum Gasteiger partial charge on any atom is 0.0774 e. The molecule has 1 saturated carbocycles. The van der Waals surface area contributed by atoms with Crippen LogP contribution in [0.25, 0.3) is 0 Å². The molecule has 1 fully saturated rings. The molecule has 0 atom stereocenters. The molecular weight excluding hydrogens is 250 g/mol. The average Bonchev–Trinajstić information content (AvgIpc) is 2.90. The number of hydrogen-bond acceptors (Lipinski definition) is 3. The van der Waals surface area contributed by atoms with E-state index in [1.54, 1.807) is 0 Å². The van der Waals surface area contributed by atoms with Gasteiger partial charge in [0.2, 0.25) is 0 Å². The van der Waals surface area contributed by atoms with E-state index in [0.29, 0.717) is 0 Å². The number of hydrogen-bond donors (Lipinski definition) is 1. The Labute approximate surface area is 122 Å². The van der Waals surface area contributed by atoms with Crippen molar-refractivity contribution in [2.24, 2.45) is 0 Å². The Morgan fingerprint density at radius 1 is 1.30 bits per heavy atom. The third-order valence-corrected chi connectivity index (χ3v) is 4.49.